The third-order valence-corrected chi connectivity index (χ3v) is 4.23. The fourth-order valence-electron chi connectivity index (χ4n) is 2.41. The highest BCUT2D eigenvalue weighted by Gasteiger charge is 2.30. The molecule has 0 bridgehead atoms. The Morgan fingerprint density at radius 3 is 2.19 bits per heavy atom. The van der Waals surface area contributed by atoms with Crippen molar-refractivity contribution in [1.29, 1.82) is 0 Å². The van der Waals surface area contributed by atoms with E-state index in [0.717, 1.165) is 0 Å². The smallest absolute Gasteiger partial charge is 0.193 e. The molecule has 1 heterocycles. The van der Waals surface area contributed by atoms with Gasteiger partial charge in [0, 0.05) is 16.1 Å². The molecule has 0 saturated carbocycles. The van der Waals surface area contributed by atoms with Crippen molar-refractivity contribution in [3.05, 3.63) is 70.5 Å². The first kappa shape index (κ1) is 18.7. The fourth-order valence-corrected chi connectivity index (χ4v) is 2.53. The molecule has 0 aliphatic rings. The average Bonchev–Trinajstić information content (AvgIpc) is 3.15. The molecule has 0 saturated heterocycles. The standard InChI is InChI=1S/C19H17ClN4O3/c1-19(2,16(25)11-17-21-23-24-22-17)27-15-9-5-13(6-10-15)18(26)12-3-7-14(20)8-4-12/h3-10H,11H2,1-2H3,(H,21,22,23,24). The highest BCUT2D eigenvalue weighted by Crippen LogP contribution is 2.22. The number of benzene rings is 2. The summed E-state index contributed by atoms with van der Waals surface area (Å²) in [6.45, 7) is 3.34. The van der Waals surface area contributed by atoms with Crippen molar-refractivity contribution in [1.82, 2.24) is 20.6 Å². The van der Waals surface area contributed by atoms with Gasteiger partial charge in [0.2, 0.25) is 0 Å². The Morgan fingerprint density at radius 2 is 1.63 bits per heavy atom. The van der Waals surface area contributed by atoms with Crippen LogP contribution in [-0.4, -0.2) is 37.8 Å². The Hall–Kier alpha value is -3.06. The summed E-state index contributed by atoms with van der Waals surface area (Å²) in [5.74, 6) is 0.477. The first-order valence-corrected chi connectivity index (χ1v) is 8.58. The van der Waals surface area contributed by atoms with Gasteiger partial charge in [0.05, 0.1) is 6.42 Å². The number of nitrogens with zero attached hydrogens (tertiary/aromatic N) is 3. The summed E-state index contributed by atoms with van der Waals surface area (Å²) in [7, 11) is 0. The first-order valence-electron chi connectivity index (χ1n) is 8.20. The van der Waals surface area contributed by atoms with E-state index in [1.54, 1.807) is 62.4 Å². The molecule has 2 aromatic carbocycles. The largest absolute Gasteiger partial charge is 0.480 e. The lowest BCUT2D eigenvalue weighted by Gasteiger charge is -2.24. The fraction of sp³-hybridized carbons (Fsp3) is 0.211. The number of aromatic amines is 1. The van der Waals surface area contributed by atoms with Crippen LogP contribution in [0.5, 0.6) is 5.75 Å². The highest BCUT2D eigenvalue weighted by atomic mass is 35.5. The van der Waals surface area contributed by atoms with Gasteiger partial charge in [-0.15, -0.1) is 10.2 Å². The summed E-state index contributed by atoms with van der Waals surface area (Å²) < 4.78 is 5.80. The molecule has 8 heteroatoms. The molecule has 3 rings (SSSR count). The Kier molecular flexibility index (Phi) is 5.32. The van der Waals surface area contributed by atoms with Crippen molar-refractivity contribution in [3.8, 4) is 5.75 Å². The van der Waals surface area contributed by atoms with Gasteiger partial charge in [-0.2, -0.15) is 5.21 Å². The van der Waals surface area contributed by atoms with E-state index in [-0.39, 0.29) is 18.0 Å². The summed E-state index contributed by atoms with van der Waals surface area (Å²) in [5.41, 5.74) is -0.0215. The molecule has 3 aromatic rings. The zero-order valence-electron chi connectivity index (χ0n) is 14.8. The lowest BCUT2D eigenvalue weighted by atomic mass is 10.00. The predicted molar refractivity (Wildman–Crippen MR) is 98.9 cm³/mol. The lowest BCUT2D eigenvalue weighted by Crippen LogP contribution is -2.39. The van der Waals surface area contributed by atoms with E-state index in [1.807, 2.05) is 0 Å². The quantitative estimate of drug-likeness (QED) is 0.629. The third kappa shape index (κ3) is 4.57. The maximum Gasteiger partial charge on any atom is 0.193 e. The summed E-state index contributed by atoms with van der Waals surface area (Å²) in [4.78, 5) is 24.9. The monoisotopic (exact) mass is 384 g/mol. The van der Waals surface area contributed by atoms with E-state index in [0.29, 0.717) is 27.7 Å². The van der Waals surface area contributed by atoms with Crippen LogP contribution in [0.4, 0.5) is 0 Å². The van der Waals surface area contributed by atoms with Gasteiger partial charge in [0.15, 0.2) is 23.0 Å². The number of halogens is 1. The number of carbonyl (C=O) groups excluding carboxylic acids is 2. The molecule has 1 aromatic heterocycles. The van der Waals surface area contributed by atoms with E-state index in [9.17, 15) is 9.59 Å². The van der Waals surface area contributed by atoms with Crippen LogP contribution in [0.15, 0.2) is 48.5 Å². The Labute approximate surface area is 160 Å². The first-order chi connectivity index (χ1) is 12.8. The van der Waals surface area contributed by atoms with Crippen molar-refractivity contribution in [2.24, 2.45) is 0 Å². The van der Waals surface area contributed by atoms with Crippen LogP contribution in [0.25, 0.3) is 0 Å². The maximum atomic E-state index is 12.5. The summed E-state index contributed by atoms with van der Waals surface area (Å²) in [6.07, 6.45) is 0.0106. The molecule has 7 nitrogen and oxygen atoms in total. The van der Waals surface area contributed by atoms with Crippen molar-refractivity contribution >= 4 is 23.2 Å². The van der Waals surface area contributed by atoms with Gasteiger partial charge in [-0.3, -0.25) is 9.59 Å². The second kappa shape index (κ2) is 7.67. The van der Waals surface area contributed by atoms with Crippen LogP contribution >= 0.6 is 11.6 Å². The number of hydrogen-bond donors (Lipinski definition) is 1. The minimum Gasteiger partial charge on any atom is -0.480 e. The van der Waals surface area contributed by atoms with Gasteiger partial charge in [-0.05, 0) is 62.4 Å². The second-order valence-electron chi connectivity index (χ2n) is 6.40. The number of hydrogen-bond acceptors (Lipinski definition) is 6. The van der Waals surface area contributed by atoms with Crippen molar-refractivity contribution in [2.45, 2.75) is 25.9 Å². The zero-order valence-corrected chi connectivity index (χ0v) is 15.5. The molecule has 0 atom stereocenters. The molecular formula is C19H17ClN4O3. The van der Waals surface area contributed by atoms with Crippen LogP contribution < -0.4 is 4.74 Å². The van der Waals surface area contributed by atoms with Crippen LogP contribution in [0.2, 0.25) is 5.02 Å². The molecule has 0 aliphatic heterocycles. The summed E-state index contributed by atoms with van der Waals surface area (Å²) in [5, 5.41) is 13.9. The average molecular weight is 385 g/mol. The van der Waals surface area contributed by atoms with Gasteiger partial charge < -0.3 is 4.74 Å². The van der Waals surface area contributed by atoms with Crippen molar-refractivity contribution in [3.63, 3.8) is 0 Å². The lowest BCUT2D eigenvalue weighted by molar-refractivity contribution is -0.131. The Balaban J connectivity index is 1.68. The van der Waals surface area contributed by atoms with E-state index in [4.69, 9.17) is 16.3 Å². The molecule has 0 amide bonds. The minimum atomic E-state index is -1.08. The molecular weight excluding hydrogens is 368 g/mol. The van der Waals surface area contributed by atoms with E-state index in [2.05, 4.69) is 20.6 Å². The third-order valence-electron chi connectivity index (χ3n) is 3.98. The minimum absolute atomic E-state index is 0.0106. The molecule has 0 fully saturated rings. The van der Waals surface area contributed by atoms with E-state index < -0.39 is 5.60 Å². The van der Waals surface area contributed by atoms with Gasteiger partial charge in [0.25, 0.3) is 0 Å². The number of tetrazole rings is 1. The van der Waals surface area contributed by atoms with Crippen molar-refractivity contribution in [2.75, 3.05) is 0 Å². The summed E-state index contributed by atoms with van der Waals surface area (Å²) >= 11 is 5.85. The Morgan fingerprint density at radius 1 is 1.04 bits per heavy atom. The zero-order chi connectivity index (χ0) is 19.4. The van der Waals surface area contributed by atoms with Crippen LogP contribution in [0.1, 0.15) is 35.6 Å². The number of ketones is 2. The topological polar surface area (TPSA) is 97.8 Å². The number of aromatic nitrogens is 4. The number of nitrogens with one attached hydrogen (secondary N) is 1. The van der Waals surface area contributed by atoms with Crippen LogP contribution in [-0.2, 0) is 11.2 Å². The molecule has 1 N–H and O–H groups in total. The second-order valence-corrected chi connectivity index (χ2v) is 6.84. The number of rotatable bonds is 7. The normalized spacial score (nSPS) is 11.2. The van der Waals surface area contributed by atoms with Crippen molar-refractivity contribution < 1.29 is 14.3 Å². The number of ether oxygens (including phenoxy) is 1. The molecule has 0 radical (unpaired) electrons. The van der Waals surface area contributed by atoms with Crippen LogP contribution in [0.3, 0.4) is 0 Å². The molecule has 0 unspecified atom stereocenters. The molecule has 0 aliphatic carbocycles. The van der Waals surface area contributed by atoms with Gasteiger partial charge in [0.1, 0.15) is 5.75 Å². The molecule has 138 valence electrons. The van der Waals surface area contributed by atoms with Gasteiger partial charge in [-0.1, -0.05) is 16.8 Å². The van der Waals surface area contributed by atoms with Crippen LogP contribution in [0, 0.1) is 0 Å². The molecule has 0 spiro atoms. The maximum absolute atomic E-state index is 12.5. The summed E-state index contributed by atoms with van der Waals surface area (Å²) in [6, 6.07) is 13.3. The van der Waals surface area contributed by atoms with E-state index >= 15 is 0 Å². The SMILES string of the molecule is CC(C)(Oc1ccc(C(=O)c2ccc(Cl)cc2)cc1)C(=O)Cc1nn[nH]n1. The molecule has 27 heavy (non-hydrogen) atoms. The van der Waals surface area contributed by atoms with Gasteiger partial charge >= 0.3 is 0 Å². The number of Topliss-reactive ketones (excluding diaryl/α,β-unsaturated/α-hetero) is 1. The number of carbonyl (C=O) groups is 2. The highest BCUT2D eigenvalue weighted by molar-refractivity contribution is 6.30. The van der Waals surface area contributed by atoms with Gasteiger partial charge in [-0.25, -0.2) is 0 Å². The predicted octanol–water partition coefficient (Wildman–Crippen LogP) is 3.05. The Bertz CT molecular complexity index is 936. The number of H-pyrrole nitrogens is 1. The van der Waals surface area contributed by atoms with E-state index in [1.165, 1.54) is 0 Å².